The zero-order valence-electron chi connectivity index (χ0n) is 11.1. The Morgan fingerprint density at radius 2 is 2.11 bits per heavy atom. The largest absolute Gasteiger partial charge is 0.489 e. The molecule has 0 N–H and O–H groups in total. The van der Waals surface area contributed by atoms with E-state index in [2.05, 4.69) is 39.7 Å². The Labute approximate surface area is 121 Å². The summed E-state index contributed by atoms with van der Waals surface area (Å²) in [6.07, 6.45) is 3.47. The quantitative estimate of drug-likeness (QED) is 0.763. The Hall–Kier alpha value is -1.20. The Morgan fingerprint density at radius 3 is 2.89 bits per heavy atom. The number of aromatic nitrogens is 2. The van der Waals surface area contributed by atoms with E-state index in [-0.39, 0.29) is 0 Å². The Balaban J connectivity index is 1.97. The van der Waals surface area contributed by atoms with Crippen LogP contribution >= 0.6 is 15.9 Å². The molecule has 2 rings (SSSR count). The van der Waals surface area contributed by atoms with E-state index in [4.69, 9.17) is 9.47 Å². The van der Waals surface area contributed by atoms with Crippen LogP contribution in [0.1, 0.15) is 13.8 Å². The van der Waals surface area contributed by atoms with Crippen molar-refractivity contribution in [2.24, 2.45) is 5.92 Å². The molecule has 0 aromatic carbocycles. The van der Waals surface area contributed by atoms with Crippen LogP contribution in [-0.4, -0.2) is 29.8 Å². The number of rotatable bonds is 6. The first-order chi connectivity index (χ1) is 9.16. The van der Waals surface area contributed by atoms with Gasteiger partial charge < -0.3 is 9.47 Å². The lowest BCUT2D eigenvalue weighted by Crippen LogP contribution is -2.10. The first kappa shape index (κ1) is 14.2. The van der Waals surface area contributed by atoms with Gasteiger partial charge in [0.25, 0.3) is 0 Å². The molecule has 0 bridgehead atoms. The van der Waals surface area contributed by atoms with Crippen LogP contribution in [0.5, 0.6) is 5.75 Å². The van der Waals surface area contributed by atoms with Crippen LogP contribution < -0.4 is 4.74 Å². The van der Waals surface area contributed by atoms with Gasteiger partial charge in [-0.25, -0.2) is 4.98 Å². The maximum atomic E-state index is 5.70. The fourth-order valence-electron chi connectivity index (χ4n) is 1.63. The molecule has 0 unspecified atom stereocenters. The molecule has 0 saturated carbocycles. The first-order valence-electron chi connectivity index (χ1n) is 6.27. The lowest BCUT2D eigenvalue weighted by Gasteiger charge is -2.10. The maximum absolute atomic E-state index is 5.70. The normalized spacial score (nSPS) is 11.2. The number of fused-ring (bicyclic) bond motifs is 1. The highest BCUT2D eigenvalue weighted by molar-refractivity contribution is 9.10. The second-order valence-corrected chi connectivity index (χ2v) is 5.56. The van der Waals surface area contributed by atoms with Gasteiger partial charge in [-0.3, -0.25) is 4.98 Å². The van der Waals surface area contributed by atoms with E-state index < -0.39 is 0 Å². The molecule has 102 valence electrons. The van der Waals surface area contributed by atoms with Crippen LogP contribution in [0.15, 0.2) is 29.0 Å². The number of hydrogen-bond donors (Lipinski definition) is 0. The summed E-state index contributed by atoms with van der Waals surface area (Å²) in [5, 5.41) is 0. The summed E-state index contributed by atoms with van der Waals surface area (Å²) in [6.45, 7) is 6.10. The van der Waals surface area contributed by atoms with Gasteiger partial charge in [0.2, 0.25) is 0 Å². The highest BCUT2D eigenvalue weighted by Crippen LogP contribution is 2.23. The van der Waals surface area contributed by atoms with E-state index in [0.29, 0.717) is 19.1 Å². The predicted molar refractivity (Wildman–Crippen MR) is 78.4 cm³/mol. The van der Waals surface area contributed by atoms with Gasteiger partial charge in [0.05, 0.1) is 12.1 Å². The third-order valence-electron chi connectivity index (χ3n) is 2.44. The molecule has 2 aromatic rings. The second kappa shape index (κ2) is 6.82. The number of ether oxygens (including phenoxy) is 2. The van der Waals surface area contributed by atoms with Crippen molar-refractivity contribution >= 4 is 27.0 Å². The average molecular weight is 325 g/mol. The SMILES string of the molecule is CC(C)COCCOc1ccnc2cc(Br)cnc12. The van der Waals surface area contributed by atoms with E-state index in [1.54, 1.807) is 12.4 Å². The lowest BCUT2D eigenvalue weighted by molar-refractivity contribution is 0.0822. The fraction of sp³-hybridized carbons (Fsp3) is 0.429. The molecule has 0 saturated heterocycles. The molecule has 0 spiro atoms. The minimum Gasteiger partial charge on any atom is -0.489 e. The third-order valence-corrected chi connectivity index (χ3v) is 2.88. The summed E-state index contributed by atoms with van der Waals surface area (Å²) in [5.41, 5.74) is 1.59. The summed E-state index contributed by atoms with van der Waals surface area (Å²) in [5.74, 6) is 1.28. The van der Waals surface area contributed by atoms with Gasteiger partial charge in [-0.05, 0) is 27.9 Å². The molecule has 0 fully saturated rings. The monoisotopic (exact) mass is 324 g/mol. The molecule has 2 heterocycles. The topological polar surface area (TPSA) is 44.2 Å². The molecule has 0 amide bonds. The van der Waals surface area contributed by atoms with Crippen LogP contribution in [-0.2, 0) is 4.74 Å². The first-order valence-corrected chi connectivity index (χ1v) is 7.07. The molecule has 0 atom stereocenters. The molecular formula is C14H17BrN2O2. The van der Waals surface area contributed by atoms with E-state index in [0.717, 1.165) is 27.9 Å². The fourth-order valence-corrected chi connectivity index (χ4v) is 1.95. The molecule has 19 heavy (non-hydrogen) atoms. The molecule has 4 nitrogen and oxygen atoms in total. The van der Waals surface area contributed by atoms with E-state index in [9.17, 15) is 0 Å². The van der Waals surface area contributed by atoms with Gasteiger partial charge in [0.1, 0.15) is 17.9 Å². The average Bonchev–Trinajstić information content (AvgIpc) is 2.37. The van der Waals surface area contributed by atoms with Gasteiger partial charge in [0, 0.05) is 29.5 Å². The zero-order valence-corrected chi connectivity index (χ0v) is 12.7. The third kappa shape index (κ3) is 4.14. The summed E-state index contributed by atoms with van der Waals surface area (Å²) < 4.78 is 12.1. The Morgan fingerprint density at radius 1 is 1.26 bits per heavy atom. The number of pyridine rings is 2. The molecule has 0 radical (unpaired) electrons. The highest BCUT2D eigenvalue weighted by Gasteiger charge is 2.05. The van der Waals surface area contributed by atoms with Crippen LogP contribution in [0.3, 0.4) is 0 Å². The Kier molecular flexibility index (Phi) is 5.10. The van der Waals surface area contributed by atoms with Crippen molar-refractivity contribution in [1.29, 1.82) is 0 Å². The lowest BCUT2D eigenvalue weighted by atomic mass is 10.2. The van der Waals surface area contributed by atoms with Gasteiger partial charge in [0.15, 0.2) is 0 Å². The van der Waals surface area contributed by atoms with Crippen LogP contribution in [0, 0.1) is 5.92 Å². The Bertz CT molecular complexity index is 546. The summed E-state index contributed by atoms with van der Waals surface area (Å²) in [4.78, 5) is 8.60. The van der Waals surface area contributed by atoms with Crippen molar-refractivity contribution in [2.75, 3.05) is 19.8 Å². The maximum Gasteiger partial charge on any atom is 0.148 e. The zero-order chi connectivity index (χ0) is 13.7. The van der Waals surface area contributed by atoms with Crippen molar-refractivity contribution in [1.82, 2.24) is 9.97 Å². The smallest absolute Gasteiger partial charge is 0.148 e. The molecule has 0 aliphatic carbocycles. The van der Waals surface area contributed by atoms with Gasteiger partial charge in [-0.2, -0.15) is 0 Å². The van der Waals surface area contributed by atoms with E-state index in [1.165, 1.54) is 0 Å². The number of hydrogen-bond acceptors (Lipinski definition) is 4. The molecular weight excluding hydrogens is 308 g/mol. The highest BCUT2D eigenvalue weighted by atomic mass is 79.9. The van der Waals surface area contributed by atoms with Crippen molar-refractivity contribution in [3.05, 3.63) is 29.0 Å². The van der Waals surface area contributed by atoms with Crippen molar-refractivity contribution in [3.8, 4) is 5.75 Å². The predicted octanol–water partition coefficient (Wildman–Crippen LogP) is 3.44. The molecule has 2 aromatic heterocycles. The summed E-state index contributed by atoms with van der Waals surface area (Å²) >= 11 is 3.38. The van der Waals surface area contributed by atoms with E-state index in [1.807, 2.05) is 12.1 Å². The van der Waals surface area contributed by atoms with Crippen LogP contribution in [0.4, 0.5) is 0 Å². The van der Waals surface area contributed by atoms with Crippen molar-refractivity contribution < 1.29 is 9.47 Å². The molecule has 0 aliphatic heterocycles. The standard InChI is InChI=1S/C14H17BrN2O2/c1-10(2)9-18-5-6-19-13-3-4-16-12-7-11(15)8-17-14(12)13/h3-4,7-8,10H,5-6,9H2,1-2H3. The van der Waals surface area contributed by atoms with Gasteiger partial charge in [-0.1, -0.05) is 13.8 Å². The second-order valence-electron chi connectivity index (χ2n) is 4.65. The minimum atomic E-state index is 0.517. The molecule has 5 heteroatoms. The number of nitrogens with zero attached hydrogens (tertiary/aromatic N) is 2. The van der Waals surface area contributed by atoms with E-state index >= 15 is 0 Å². The number of halogens is 1. The molecule has 0 aliphatic rings. The van der Waals surface area contributed by atoms with Crippen LogP contribution in [0.2, 0.25) is 0 Å². The summed E-state index contributed by atoms with van der Waals surface area (Å²) in [6, 6.07) is 3.75. The van der Waals surface area contributed by atoms with Crippen molar-refractivity contribution in [3.63, 3.8) is 0 Å². The van der Waals surface area contributed by atoms with Gasteiger partial charge in [-0.15, -0.1) is 0 Å². The summed E-state index contributed by atoms with van der Waals surface area (Å²) in [7, 11) is 0. The van der Waals surface area contributed by atoms with Gasteiger partial charge >= 0.3 is 0 Å². The van der Waals surface area contributed by atoms with Crippen LogP contribution in [0.25, 0.3) is 11.0 Å². The minimum absolute atomic E-state index is 0.517. The van der Waals surface area contributed by atoms with Crippen molar-refractivity contribution in [2.45, 2.75) is 13.8 Å².